The maximum atomic E-state index is 11.5. The molecule has 0 bridgehead atoms. The van der Waals surface area contributed by atoms with Gasteiger partial charge in [0.2, 0.25) is 0 Å². The highest BCUT2D eigenvalue weighted by atomic mass is 16.5. The summed E-state index contributed by atoms with van der Waals surface area (Å²) in [5, 5.41) is 0. The molecule has 0 aliphatic carbocycles. The average molecular weight is 260 g/mol. The number of aryl methyl sites for hydroxylation is 1. The molecule has 0 aliphatic heterocycles. The average Bonchev–Trinajstić information content (AvgIpc) is 2.87. The third-order valence-electron chi connectivity index (χ3n) is 2.86. The molecule has 1 N–H and O–H groups in total. The molecule has 0 atom stereocenters. The van der Waals surface area contributed by atoms with Crippen LogP contribution in [0.15, 0.2) is 24.4 Å². The number of carbonyl (C=O) groups is 1. The van der Waals surface area contributed by atoms with Gasteiger partial charge in [0.1, 0.15) is 12.4 Å². The first-order chi connectivity index (χ1) is 9.15. The SMILES string of the molecule is COCc1ncc(-c2cc(C(=O)OC)ccc2C)[nH]1. The minimum absolute atomic E-state index is 0.349. The van der Waals surface area contributed by atoms with Gasteiger partial charge in [-0.05, 0) is 24.6 Å². The van der Waals surface area contributed by atoms with Crippen LogP contribution in [0.1, 0.15) is 21.7 Å². The van der Waals surface area contributed by atoms with Crippen molar-refractivity contribution in [3.05, 3.63) is 41.3 Å². The number of aromatic nitrogens is 2. The van der Waals surface area contributed by atoms with Gasteiger partial charge in [-0.1, -0.05) is 6.07 Å². The van der Waals surface area contributed by atoms with Crippen LogP contribution in [-0.2, 0) is 16.1 Å². The van der Waals surface area contributed by atoms with E-state index in [4.69, 9.17) is 9.47 Å². The number of esters is 1. The van der Waals surface area contributed by atoms with E-state index in [0.717, 1.165) is 22.6 Å². The van der Waals surface area contributed by atoms with E-state index in [1.807, 2.05) is 13.0 Å². The molecule has 5 nitrogen and oxygen atoms in total. The molecule has 1 heterocycles. The Morgan fingerprint density at radius 1 is 1.37 bits per heavy atom. The summed E-state index contributed by atoms with van der Waals surface area (Å²) in [7, 11) is 2.99. The van der Waals surface area contributed by atoms with Crippen LogP contribution >= 0.6 is 0 Å². The number of hydrogen-bond acceptors (Lipinski definition) is 4. The van der Waals surface area contributed by atoms with Crippen LogP contribution in [0.25, 0.3) is 11.3 Å². The Balaban J connectivity index is 2.39. The molecule has 0 unspecified atom stereocenters. The Morgan fingerprint density at radius 3 is 2.84 bits per heavy atom. The molecular weight excluding hydrogens is 244 g/mol. The number of nitrogens with zero attached hydrogens (tertiary/aromatic N) is 1. The molecule has 2 aromatic rings. The van der Waals surface area contributed by atoms with Crippen molar-refractivity contribution in [1.82, 2.24) is 9.97 Å². The molecule has 0 radical (unpaired) electrons. The summed E-state index contributed by atoms with van der Waals surface area (Å²) < 4.78 is 9.74. The standard InChI is InChI=1S/C14H16N2O3/c1-9-4-5-10(14(17)19-3)6-11(9)12-7-15-13(16-12)8-18-2/h4-7H,8H2,1-3H3,(H,15,16). The Labute approximate surface area is 111 Å². The van der Waals surface area contributed by atoms with Gasteiger partial charge in [0, 0.05) is 12.7 Å². The number of rotatable bonds is 4. The first-order valence-corrected chi connectivity index (χ1v) is 5.88. The fourth-order valence-corrected chi connectivity index (χ4v) is 1.87. The minimum atomic E-state index is -0.349. The van der Waals surface area contributed by atoms with Gasteiger partial charge < -0.3 is 14.5 Å². The van der Waals surface area contributed by atoms with Gasteiger partial charge in [-0.3, -0.25) is 0 Å². The first-order valence-electron chi connectivity index (χ1n) is 5.88. The van der Waals surface area contributed by atoms with Crippen molar-refractivity contribution < 1.29 is 14.3 Å². The van der Waals surface area contributed by atoms with Gasteiger partial charge >= 0.3 is 5.97 Å². The molecule has 1 aromatic carbocycles. The van der Waals surface area contributed by atoms with E-state index in [1.54, 1.807) is 25.4 Å². The van der Waals surface area contributed by atoms with E-state index in [2.05, 4.69) is 9.97 Å². The molecule has 100 valence electrons. The van der Waals surface area contributed by atoms with E-state index in [-0.39, 0.29) is 5.97 Å². The highest BCUT2D eigenvalue weighted by Gasteiger charge is 2.11. The van der Waals surface area contributed by atoms with Crippen molar-refractivity contribution in [2.24, 2.45) is 0 Å². The van der Waals surface area contributed by atoms with Crippen molar-refractivity contribution in [3.63, 3.8) is 0 Å². The normalized spacial score (nSPS) is 10.5. The number of nitrogens with one attached hydrogen (secondary N) is 1. The second-order valence-corrected chi connectivity index (χ2v) is 4.20. The monoisotopic (exact) mass is 260 g/mol. The van der Waals surface area contributed by atoms with Gasteiger partial charge in [0.05, 0.1) is 24.6 Å². The lowest BCUT2D eigenvalue weighted by molar-refractivity contribution is 0.0601. The largest absolute Gasteiger partial charge is 0.465 e. The van der Waals surface area contributed by atoms with Crippen LogP contribution in [0.3, 0.4) is 0 Å². The van der Waals surface area contributed by atoms with Crippen molar-refractivity contribution in [2.75, 3.05) is 14.2 Å². The fraction of sp³-hybridized carbons (Fsp3) is 0.286. The lowest BCUT2D eigenvalue weighted by Gasteiger charge is -2.06. The van der Waals surface area contributed by atoms with E-state index in [9.17, 15) is 4.79 Å². The molecule has 5 heteroatoms. The van der Waals surface area contributed by atoms with Crippen LogP contribution in [0.2, 0.25) is 0 Å². The number of hydrogen-bond donors (Lipinski definition) is 1. The zero-order valence-electron chi connectivity index (χ0n) is 11.2. The molecule has 0 aliphatic rings. The number of imidazole rings is 1. The van der Waals surface area contributed by atoms with Crippen LogP contribution < -0.4 is 0 Å². The number of carbonyl (C=O) groups excluding carboxylic acids is 1. The molecule has 0 saturated carbocycles. The summed E-state index contributed by atoms with van der Waals surface area (Å²) in [5.74, 6) is 0.401. The van der Waals surface area contributed by atoms with E-state index in [0.29, 0.717) is 12.2 Å². The van der Waals surface area contributed by atoms with Crippen LogP contribution in [-0.4, -0.2) is 30.2 Å². The minimum Gasteiger partial charge on any atom is -0.465 e. The first kappa shape index (κ1) is 13.3. The van der Waals surface area contributed by atoms with Crippen molar-refractivity contribution >= 4 is 5.97 Å². The van der Waals surface area contributed by atoms with Gasteiger partial charge in [0.25, 0.3) is 0 Å². The fourth-order valence-electron chi connectivity index (χ4n) is 1.87. The zero-order valence-corrected chi connectivity index (χ0v) is 11.2. The van der Waals surface area contributed by atoms with Crippen LogP contribution in [0, 0.1) is 6.92 Å². The predicted octanol–water partition coefficient (Wildman–Crippen LogP) is 2.32. The molecule has 0 spiro atoms. The Hall–Kier alpha value is -2.14. The predicted molar refractivity (Wildman–Crippen MR) is 70.8 cm³/mol. The second-order valence-electron chi connectivity index (χ2n) is 4.20. The number of ether oxygens (including phenoxy) is 2. The summed E-state index contributed by atoms with van der Waals surface area (Å²) in [5.41, 5.74) is 3.36. The summed E-state index contributed by atoms with van der Waals surface area (Å²) >= 11 is 0. The molecule has 19 heavy (non-hydrogen) atoms. The summed E-state index contributed by atoms with van der Waals surface area (Å²) in [6, 6.07) is 5.43. The Bertz CT molecular complexity index is 590. The van der Waals surface area contributed by atoms with Crippen LogP contribution in [0.4, 0.5) is 0 Å². The molecule has 0 saturated heterocycles. The Morgan fingerprint density at radius 2 is 2.16 bits per heavy atom. The van der Waals surface area contributed by atoms with E-state index >= 15 is 0 Å². The molecule has 0 amide bonds. The van der Waals surface area contributed by atoms with Gasteiger partial charge in [-0.15, -0.1) is 0 Å². The smallest absolute Gasteiger partial charge is 0.337 e. The maximum Gasteiger partial charge on any atom is 0.337 e. The van der Waals surface area contributed by atoms with Gasteiger partial charge in [0.15, 0.2) is 0 Å². The third-order valence-corrected chi connectivity index (χ3v) is 2.86. The molecule has 0 fully saturated rings. The summed E-state index contributed by atoms with van der Waals surface area (Å²) in [6.45, 7) is 2.41. The summed E-state index contributed by atoms with van der Waals surface area (Å²) in [4.78, 5) is 18.9. The number of H-pyrrole nitrogens is 1. The third kappa shape index (κ3) is 2.82. The summed E-state index contributed by atoms with van der Waals surface area (Å²) in [6.07, 6.45) is 1.73. The lowest BCUT2D eigenvalue weighted by Crippen LogP contribution is -2.01. The highest BCUT2D eigenvalue weighted by molar-refractivity contribution is 5.91. The second kappa shape index (κ2) is 5.67. The van der Waals surface area contributed by atoms with E-state index in [1.165, 1.54) is 7.11 Å². The molecule has 1 aromatic heterocycles. The molecular formula is C14H16N2O3. The van der Waals surface area contributed by atoms with Gasteiger partial charge in [-0.25, -0.2) is 9.78 Å². The van der Waals surface area contributed by atoms with E-state index < -0.39 is 0 Å². The quantitative estimate of drug-likeness (QED) is 0.857. The lowest BCUT2D eigenvalue weighted by atomic mass is 10.0. The van der Waals surface area contributed by atoms with Crippen molar-refractivity contribution in [3.8, 4) is 11.3 Å². The van der Waals surface area contributed by atoms with Crippen molar-refractivity contribution in [2.45, 2.75) is 13.5 Å². The number of benzene rings is 1. The van der Waals surface area contributed by atoms with Gasteiger partial charge in [-0.2, -0.15) is 0 Å². The maximum absolute atomic E-state index is 11.5. The number of aromatic amines is 1. The number of methoxy groups -OCH3 is 2. The van der Waals surface area contributed by atoms with Crippen molar-refractivity contribution in [1.29, 1.82) is 0 Å². The Kier molecular flexibility index (Phi) is 3.97. The highest BCUT2D eigenvalue weighted by Crippen LogP contribution is 2.23. The zero-order chi connectivity index (χ0) is 13.8. The topological polar surface area (TPSA) is 64.2 Å². The van der Waals surface area contributed by atoms with Crippen LogP contribution in [0.5, 0.6) is 0 Å². The molecule has 2 rings (SSSR count).